The number of nitrogens with two attached hydrogens (primary N) is 1. The highest BCUT2D eigenvalue weighted by Gasteiger charge is 2.38. The first-order chi connectivity index (χ1) is 16.1. The van der Waals surface area contributed by atoms with E-state index in [9.17, 15) is 5.11 Å². The Morgan fingerprint density at radius 3 is 2.42 bits per heavy atom. The van der Waals surface area contributed by atoms with Crippen molar-refractivity contribution in [3.05, 3.63) is 77.9 Å². The van der Waals surface area contributed by atoms with E-state index >= 15 is 0 Å². The standard InChI is InChI=1S/C25H28N4O4/c1-31-23-11-8-18(12-24(23)32-2)25(15-19(30)16-26,14-17-6-4-3-5-7-17)33-20-9-10-21-22(13-20)28-29-27-21/h3-13,19,30H,14-16,26H2,1-2H3,(H,27,28,29)/t19-,25?/m0/s1. The third-order valence-electron chi connectivity index (χ3n) is 5.68. The van der Waals surface area contributed by atoms with Gasteiger partial charge in [0.05, 0.1) is 20.3 Å². The highest BCUT2D eigenvalue weighted by atomic mass is 16.5. The molecule has 0 spiro atoms. The molecule has 1 heterocycles. The minimum absolute atomic E-state index is 0.107. The molecule has 4 rings (SSSR count). The van der Waals surface area contributed by atoms with Crippen molar-refractivity contribution < 1.29 is 19.3 Å². The molecule has 2 atom stereocenters. The highest BCUT2D eigenvalue weighted by Crippen LogP contribution is 2.40. The third kappa shape index (κ3) is 4.92. The van der Waals surface area contributed by atoms with Crippen molar-refractivity contribution in [1.29, 1.82) is 0 Å². The summed E-state index contributed by atoms with van der Waals surface area (Å²) in [5.41, 5.74) is 8.20. The number of hydrogen-bond donors (Lipinski definition) is 3. The van der Waals surface area contributed by atoms with Gasteiger partial charge in [-0.2, -0.15) is 15.4 Å². The number of nitrogens with zero attached hydrogens (tertiary/aromatic N) is 2. The molecule has 33 heavy (non-hydrogen) atoms. The fourth-order valence-corrected chi connectivity index (χ4v) is 4.05. The number of methoxy groups -OCH3 is 2. The smallest absolute Gasteiger partial charge is 0.161 e. The fourth-order valence-electron chi connectivity index (χ4n) is 4.05. The van der Waals surface area contributed by atoms with E-state index in [1.807, 2.05) is 66.7 Å². The maximum atomic E-state index is 10.7. The molecule has 4 N–H and O–H groups in total. The normalized spacial score (nSPS) is 13.9. The van der Waals surface area contributed by atoms with E-state index in [1.165, 1.54) is 0 Å². The van der Waals surface area contributed by atoms with Crippen LogP contribution >= 0.6 is 0 Å². The number of aromatic nitrogens is 3. The fraction of sp³-hybridized carbons (Fsp3) is 0.280. The van der Waals surface area contributed by atoms with E-state index in [4.69, 9.17) is 19.9 Å². The maximum absolute atomic E-state index is 10.7. The summed E-state index contributed by atoms with van der Waals surface area (Å²) in [6.45, 7) is 0.107. The van der Waals surface area contributed by atoms with Gasteiger partial charge in [0.1, 0.15) is 22.4 Å². The summed E-state index contributed by atoms with van der Waals surface area (Å²) in [6.07, 6.45) is -0.0142. The number of aliphatic hydroxyl groups is 1. The van der Waals surface area contributed by atoms with Crippen LogP contribution in [-0.2, 0) is 12.0 Å². The van der Waals surface area contributed by atoms with Crippen LogP contribution in [0.3, 0.4) is 0 Å². The zero-order valence-electron chi connectivity index (χ0n) is 18.7. The molecule has 0 aliphatic carbocycles. The largest absolute Gasteiger partial charge is 0.493 e. The summed E-state index contributed by atoms with van der Waals surface area (Å²) >= 11 is 0. The van der Waals surface area contributed by atoms with E-state index in [-0.39, 0.29) is 13.0 Å². The monoisotopic (exact) mass is 448 g/mol. The predicted molar refractivity (Wildman–Crippen MR) is 126 cm³/mol. The van der Waals surface area contributed by atoms with Gasteiger partial charge in [0, 0.05) is 25.5 Å². The summed E-state index contributed by atoms with van der Waals surface area (Å²) in [5, 5.41) is 21.6. The van der Waals surface area contributed by atoms with E-state index < -0.39 is 11.7 Å². The highest BCUT2D eigenvalue weighted by molar-refractivity contribution is 5.75. The Morgan fingerprint density at radius 2 is 1.70 bits per heavy atom. The van der Waals surface area contributed by atoms with Gasteiger partial charge in [-0.3, -0.25) is 0 Å². The number of aliphatic hydroxyl groups excluding tert-OH is 1. The molecule has 172 valence electrons. The Hall–Kier alpha value is -3.62. The number of nitrogens with one attached hydrogen (secondary N) is 1. The molecule has 0 aliphatic heterocycles. The van der Waals surface area contributed by atoms with Crippen molar-refractivity contribution in [2.45, 2.75) is 24.5 Å². The third-order valence-corrected chi connectivity index (χ3v) is 5.68. The molecule has 1 unspecified atom stereocenters. The molecule has 1 aromatic heterocycles. The first-order valence-corrected chi connectivity index (χ1v) is 10.7. The summed E-state index contributed by atoms with van der Waals surface area (Å²) in [6, 6.07) is 21.2. The topological polar surface area (TPSA) is 116 Å². The van der Waals surface area contributed by atoms with Crippen LogP contribution in [0, 0.1) is 0 Å². The summed E-state index contributed by atoms with van der Waals surface area (Å²) in [4.78, 5) is 0. The Kier molecular flexibility index (Phi) is 6.76. The molecule has 0 bridgehead atoms. The molecule has 0 amide bonds. The molecular weight excluding hydrogens is 420 g/mol. The van der Waals surface area contributed by atoms with Gasteiger partial charge in [-0.15, -0.1) is 0 Å². The van der Waals surface area contributed by atoms with Crippen LogP contribution in [0.1, 0.15) is 17.5 Å². The summed E-state index contributed by atoms with van der Waals surface area (Å²) in [7, 11) is 3.19. The van der Waals surface area contributed by atoms with Crippen molar-refractivity contribution in [2.24, 2.45) is 5.73 Å². The second-order valence-electron chi connectivity index (χ2n) is 7.90. The van der Waals surface area contributed by atoms with Crippen LogP contribution in [0.15, 0.2) is 66.7 Å². The molecule has 8 nitrogen and oxygen atoms in total. The lowest BCUT2D eigenvalue weighted by atomic mass is 9.82. The predicted octanol–water partition coefficient (Wildman–Crippen LogP) is 3.20. The molecule has 0 fully saturated rings. The van der Waals surface area contributed by atoms with E-state index in [1.54, 1.807) is 14.2 Å². The average Bonchev–Trinajstić information content (AvgIpc) is 3.32. The van der Waals surface area contributed by atoms with Crippen LogP contribution in [0.2, 0.25) is 0 Å². The van der Waals surface area contributed by atoms with Crippen molar-refractivity contribution in [3.8, 4) is 17.2 Å². The van der Waals surface area contributed by atoms with Gasteiger partial charge in [-0.1, -0.05) is 36.4 Å². The van der Waals surface area contributed by atoms with Crippen molar-refractivity contribution in [1.82, 2.24) is 15.4 Å². The van der Waals surface area contributed by atoms with Crippen molar-refractivity contribution in [2.75, 3.05) is 20.8 Å². The van der Waals surface area contributed by atoms with Crippen LogP contribution in [0.25, 0.3) is 11.0 Å². The van der Waals surface area contributed by atoms with Gasteiger partial charge in [-0.25, -0.2) is 0 Å². The van der Waals surface area contributed by atoms with Crippen LogP contribution in [0.4, 0.5) is 0 Å². The first kappa shape index (κ1) is 22.6. The van der Waals surface area contributed by atoms with Gasteiger partial charge in [0.2, 0.25) is 0 Å². The first-order valence-electron chi connectivity index (χ1n) is 10.7. The second kappa shape index (κ2) is 9.89. The molecule has 0 radical (unpaired) electrons. The minimum atomic E-state index is -0.947. The number of rotatable bonds is 10. The molecule has 3 aromatic carbocycles. The Balaban J connectivity index is 1.86. The maximum Gasteiger partial charge on any atom is 0.161 e. The summed E-state index contributed by atoms with van der Waals surface area (Å²) in [5.74, 6) is 1.79. The molecule has 0 saturated carbocycles. The van der Waals surface area contributed by atoms with Crippen LogP contribution in [0.5, 0.6) is 17.2 Å². The number of hydrogen-bond acceptors (Lipinski definition) is 7. The molecule has 8 heteroatoms. The molecule has 4 aromatic rings. The van der Waals surface area contributed by atoms with Crippen molar-refractivity contribution >= 4 is 11.0 Å². The van der Waals surface area contributed by atoms with Gasteiger partial charge in [-0.05, 0) is 35.4 Å². The second-order valence-corrected chi connectivity index (χ2v) is 7.90. The Morgan fingerprint density at radius 1 is 0.939 bits per heavy atom. The molecule has 0 aliphatic rings. The van der Waals surface area contributed by atoms with Crippen LogP contribution < -0.4 is 19.9 Å². The number of aromatic amines is 1. The minimum Gasteiger partial charge on any atom is -0.493 e. The quantitative estimate of drug-likeness (QED) is 0.341. The Labute approximate surface area is 192 Å². The number of H-pyrrole nitrogens is 1. The molecular formula is C25H28N4O4. The lowest BCUT2D eigenvalue weighted by molar-refractivity contribution is 0.00947. The van der Waals surface area contributed by atoms with Gasteiger partial charge in [0.25, 0.3) is 0 Å². The van der Waals surface area contributed by atoms with Gasteiger partial charge >= 0.3 is 0 Å². The summed E-state index contributed by atoms with van der Waals surface area (Å²) < 4.78 is 17.7. The average molecular weight is 449 g/mol. The van der Waals surface area contributed by atoms with Gasteiger partial charge in [0.15, 0.2) is 11.5 Å². The molecule has 0 saturated heterocycles. The lowest BCUT2D eigenvalue weighted by Gasteiger charge is -2.37. The SMILES string of the molecule is COc1ccc(C(Cc2ccccc2)(C[C@H](O)CN)Oc2ccc3n[nH]nc3c2)cc1OC. The number of benzene rings is 3. The lowest BCUT2D eigenvalue weighted by Crippen LogP contribution is -2.41. The van der Waals surface area contributed by atoms with E-state index in [2.05, 4.69) is 15.4 Å². The Bertz CT molecular complexity index is 1200. The van der Waals surface area contributed by atoms with Gasteiger partial charge < -0.3 is 25.1 Å². The van der Waals surface area contributed by atoms with Crippen molar-refractivity contribution in [3.63, 3.8) is 0 Å². The van der Waals surface area contributed by atoms with E-state index in [0.29, 0.717) is 29.2 Å². The van der Waals surface area contributed by atoms with E-state index in [0.717, 1.165) is 16.6 Å². The van der Waals surface area contributed by atoms with Crippen LogP contribution in [-0.4, -0.2) is 47.4 Å². The zero-order valence-corrected chi connectivity index (χ0v) is 18.7. The zero-order chi connectivity index (χ0) is 23.3. The number of ether oxygens (including phenoxy) is 3. The number of fused-ring (bicyclic) bond motifs is 1.